The molecular formula is C36H47N3O5. The Balaban J connectivity index is 1.08. The van der Waals surface area contributed by atoms with E-state index in [1.165, 1.54) is 22.4 Å². The molecule has 2 aliphatic heterocycles. The van der Waals surface area contributed by atoms with Gasteiger partial charge in [0.25, 0.3) is 0 Å². The summed E-state index contributed by atoms with van der Waals surface area (Å²) >= 11 is 0. The molecule has 1 saturated heterocycles. The normalized spacial score (nSPS) is 18.0. The van der Waals surface area contributed by atoms with Crippen LogP contribution in [-0.4, -0.2) is 65.1 Å². The lowest BCUT2D eigenvalue weighted by Crippen LogP contribution is -2.41. The zero-order valence-electron chi connectivity index (χ0n) is 26.2. The molecule has 1 fully saturated rings. The van der Waals surface area contributed by atoms with E-state index >= 15 is 0 Å². The largest absolute Gasteiger partial charge is 0.496 e. The lowest BCUT2D eigenvalue weighted by Gasteiger charge is -2.33. The number of carbonyl (C=O) groups excluding carboxylic acids is 1. The van der Waals surface area contributed by atoms with E-state index in [0.29, 0.717) is 38.9 Å². The van der Waals surface area contributed by atoms with Gasteiger partial charge in [-0.2, -0.15) is 0 Å². The summed E-state index contributed by atoms with van der Waals surface area (Å²) in [5, 5.41) is 6.45. The van der Waals surface area contributed by atoms with Gasteiger partial charge in [-0.3, -0.25) is 4.79 Å². The van der Waals surface area contributed by atoms with Crippen LogP contribution in [0, 0.1) is 0 Å². The zero-order valence-corrected chi connectivity index (χ0v) is 26.2. The molecule has 0 bridgehead atoms. The van der Waals surface area contributed by atoms with Gasteiger partial charge in [-0.15, -0.1) is 0 Å². The van der Waals surface area contributed by atoms with Crippen LogP contribution in [0.2, 0.25) is 0 Å². The second kappa shape index (κ2) is 16.5. The molecule has 1 amide bonds. The molecule has 2 aliphatic rings. The van der Waals surface area contributed by atoms with Crippen molar-refractivity contribution in [2.75, 3.05) is 57.9 Å². The Morgan fingerprint density at radius 1 is 1.05 bits per heavy atom. The number of rotatable bonds is 15. The minimum atomic E-state index is 0.0179. The highest BCUT2D eigenvalue weighted by atomic mass is 16.5. The van der Waals surface area contributed by atoms with Gasteiger partial charge < -0.3 is 34.5 Å². The van der Waals surface area contributed by atoms with Gasteiger partial charge in [-0.05, 0) is 66.8 Å². The van der Waals surface area contributed by atoms with Gasteiger partial charge in [-0.1, -0.05) is 42.5 Å². The standard InChI is InChI=1S/C36H47N3O5/c1-27(40)38-18-20-39-19-5-8-30-11-10-28(23-34(30)39)25-44-36-24-37-17-16-33(36)29-12-14-32(15-13-29)43-22-6-21-42-26-31-7-3-4-9-35(31)41-2/h3-4,7,9-15,23,33,36-37H,5-6,8,16-22,24-26H2,1-2H3,(H,38,40). The molecule has 2 heterocycles. The maximum atomic E-state index is 11.3. The maximum absolute atomic E-state index is 11.3. The first-order valence-electron chi connectivity index (χ1n) is 16.0. The van der Waals surface area contributed by atoms with Crippen LogP contribution in [0.25, 0.3) is 0 Å². The lowest BCUT2D eigenvalue weighted by molar-refractivity contribution is -0.118. The number of ether oxygens (including phenoxy) is 4. The quantitative estimate of drug-likeness (QED) is 0.231. The third-order valence-electron chi connectivity index (χ3n) is 8.47. The molecule has 8 heteroatoms. The van der Waals surface area contributed by atoms with E-state index in [0.717, 1.165) is 68.9 Å². The number of anilines is 1. The number of methoxy groups -OCH3 is 1. The molecule has 8 nitrogen and oxygen atoms in total. The Bertz CT molecular complexity index is 1330. The number of piperidine rings is 1. The molecule has 44 heavy (non-hydrogen) atoms. The van der Waals surface area contributed by atoms with Crippen LogP contribution in [-0.2, 0) is 33.9 Å². The van der Waals surface area contributed by atoms with E-state index in [-0.39, 0.29) is 12.0 Å². The Morgan fingerprint density at radius 3 is 2.75 bits per heavy atom. The minimum absolute atomic E-state index is 0.0179. The van der Waals surface area contributed by atoms with Crippen molar-refractivity contribution in [2.24, 2.45) is 0 Å². The number of nitrogens with zero attached hydrogens (tertiary/aromatic N) is 1. The van der Waals surface area contributed by atoms with Gasteiger partial charge in [0.2, 0.25) is 5.91 Å². The molecule has 0 aromatic heterocycles. The molecular weight excluding hydrogens is 554 g/mol. The number of para-hydroxylation sites is 1. The Labute approximate surface area is 262 Å². The van der Waals surface area contributed by atoms with Crippen molar-refractivity contribution >= 4 is 11.6 Å². The Morgan fingerprint density at radius 2 is 1.91 bits per heavy atom. The molecule has 0 aliphatic carbocycles. The number of nitrogens with one attached hydrogen (secondary N) is 2. The summed E-state index contributed by atoms with van der Waals surface area (Å²) in [6.07, 6.45) is 4.19. The van der Waals surface area contributed by atoms with Crippen molar-refractivity contribution in [2.45, 2.75) is 57.8 Å². The second-order valence-corrected chi connectivity index (χ2v) is 11.6. The van der Waals surface area contributed by atoms with Crippen LogP contribution >= 0.6 is 0 Å². The van der Waals surface area contributed by atoms with E-state index in [1.54, 1.807) is 14.0 Å². The highest BCUT2D eigenvalue weighted by Crippen LogP contribution is 2.32. The van der Waals surface area contributed by atoms with Crippen molar-refractivity contribution in [1.82, 2.24) is 10.6 Å². The molecule has 5 rings (SSSR count). The van der Waals surface area contributed by atoms with Crippen LogP contribution in [0.1, 0.15) is 54.4 Å². The topological polar surface area (TPSA) is 81.3 Å². The van der Waals surface area contributed by atoms with Crippen molar-refractivity contribution in [3.05, 3.63) is 89.0 Å². The van der Waals surface area contributed by atoms with Crippen LogP contribution in [0.5, 0.6) is 11.5 Å². The van der Waals surface area contributed by atoms with E-state index in [2.05, 4.69) is 58.0 Å². The fraction of sp³-hybridized carbons (Fsp3) is 0.472. The first-order chi connectivity index (χ1) is 21.6. The predicted molar refractivity (Wildman–Crippen MR) is 174 cm³/mol. The molecule has 2 unspecified atom stereocenters. The molecule has 0 radical (unpaired) electrons. The monoisotopic (exact) mass is 601 g/mol. The van der Waals surface area contributed by atoms with Crippen LogP contribution in [0.15, 0.2) is 66.7 Å². The SMILES string of the molecule is COc1ccccc1COCCCOc1ccc(C2CCNCC2OCc2ccc3c(c2)N(CCNC(C)=O)CCC3)cc1. The number of aryl methyl sites for hydroxylation is 1. The molecule has 2 atom stereocenters. The van der Waals surface area contributed by atoms with Crippen molar-refractivity contribution in [3.63, 3.8) is 0 Å². The van der Waals surface area contributed by atoms with Crippen molar-refractivity contribution < 1.29 is 23.7 Å². The van der Waals surface area contributed by atoms with Gasteiger partial charge in [0.15, 0.2) is 0 Å². The van der Waals surface area contributed by atoms with Crippen molar-refractivity contribution in [3.8, 4) is 11.5 Å². The molecule has 2 N–H and O–H groups in total. The predicted octanol–water partition coefficient (Wildman–Crippen LogP) is 5.23. The van der Waals surface area contributed by atoms with Crippen LogP contribution in [0.3, 0.4) is 0 Å². The average molecular weight is 602 g/mol. The zero-order chi connectivity index (χ0) is 30.6. The maximum Gasteiger partial charge on any atom is 0.216 e. The summed E-state index contributed by atoms with van der Waals surface area (Å²) in [5.74, 6) is 2.08. The van der Waals surface area contributed by atoms with Gasteiger partial charge >= 0.3 is 0 Å². The van der Waals surface area contributed by atoms with E-state index in [4.69, 9.17) is 18.9 Å². The van der Waals surface area contributed by atoms with Crippen LogP contribution in [0.4, 0.5) is 5.69 Å². The summed E-state index contributed by atoms with van der Waals surface area (Å²) in [7, 11) is 1.68. The summed E-state index contributed by atoms with van der Waals surface area (Å²) < 4.78 is 23.8. The highest BCUT2D eigenvalue weighted by molar-refractivity contribution is 5.72. The fourth-order valence-corrected chi connectivity index (χ4v) is 6.14. The number of hydrogen-bond donors (Lipinski definition) is 2. The second-order valence-electron chi connectivity index (χ2n) is 11.6. The molecule has 3 aromatic carbocycles. The first-order valence-corrected chi connectivity index (χ1v) is 16.0. The van der Waals surface area contributed by atoms with Crippen molar-refractivity contribution in [1.29, 1.82) is 0 Å². The summed E-state index contributed by atoms with van der Waals surface area (Å²) in [6.45, 7) is 8.24. The van der Waals surface area contributed by atoms with Gasteiger partial charge in [-0.25, -0.2) is 0 Å². The van der Waals surface area contributed by atoms with Gasteiger partial charge in [0.05, 0.1) is 39.6 Å². The smallest absolute Gasteiger partial charge is 0.216 e. The fourth-order valence-electron chi connectivity index (χ4n) is 6.14. The number of benzene rings is 3. The van der Waals surface area contributed by atoms with E-state index in [9.17, 15) is 4.79 Å². The minimum Gasteiger partial charge on any atom is -0.496 e. The Kier molecular flexibility index (Phi) is 11.9. The first kappa shape index (κ1) is 31.8. The molecule has 3 aromatic rings. The number of fused-ring (bicyclic) bond motifs is 1. The molecule has 0 saturated carbocycles. The average Bonchev–Trinajstić information content (AvgIpc) is 3.06. The van der Waals surface area contributed by atoms with E-state index < -0.39 is 0 Å². The Hall–Kier alpha value is -3.59. The molecule has 0 spiro atoms. The van der Waals surface area contributed by atoms with Gasteiger partial charge in [0.1, 0.15) is 11.5 Å². The summed E-state index contributed by atoms with van der Waals surface area (Å²) in [5.41, 5.74) is 6.19. The number of carbonyl (C=O) groups is 1. The lowest BCUT2D eigenvalue weighted by atomic mass is 9.87. The van der Waals surface area contributed by atoms with Crippen LogP contribution < -0.4 is 25.0 Å². The summed E-state index contributed by atoms with van der Waals surface area (Å²) in [4.78, 5) is 13.7. The number of amides is 1. The van der Waals surface area contributed by atoms with E-state index in [1.807, 2.05) is 24.3 Å². The molecule has 236 valence electrons. The highest BCUT2D eigenvalue weighted by Gasteiger charge is 2.27. The number of hydrogen-bond acceptors (Lipinski definition) is 7. The van der Waals surface area contributed by atoms with Gasteiger partial charge in [0, 0.05) is 56.7 Å². The third kappa shape index (κ3) is 8.97. The summed E-state index contributed by atoms with van der Waals surface area (Å²) in [6, 6.07) is 23.2. The third-order valence-corrected chi connectivity index (χ3v) is 8.47.